The Bertz CT molecular complexity index is 164. The second-order valence-corrected chi connectivity index (χ2v) is 1.99. The Balaban J connectivity index is 0.000000640. The molecule has 0 aliphatic carbocycles. The third-order valence-corrected chi connectivity index (χ3v) is 1.08. The van der Waals surface area contributed by atoms with Crippen LogP contribution in [0, 0.1) is 13.8 Å². The standard InChI is InChI=1S/C8H9.Zr/c1-7-4-3-5-8(2)6-7;/h3-6H,1H2,2H3;/q-1;. The van der Waals surface area contributed by atoms with Gasteiger partial charge in [-0.3, -0.25) is 0 Å². The van der Waals surface area contributed by atoms with Crippen LogP contribution < -0.4 is 0 Å². The van der Waals surface area contributed by atoms with Crippen molar-refractivity contribution in [2.75, 3.05) is 0 Å². The minimum atomic E-state index is 0. The van der Waals surface area contributed by atoms with E-state index in [0.717, 1.165) is 5.56 Å². The molecule has 0 saturated heterocycles. The normalized spacial score (nSPS) is 8.11. The first-order chi connectivity index (χ1) is 3.79. The Hall–Kier alpha value is -0.0269. The van der Waals surface area contributed by atoms with Gasteiger partial charge in [0, 0.05) is 26.2 Å². The van der Waals surface area contributed by atoms with Crippen LogP contribution in [0.15, 0.2) is 24.3 Å². The van der Waals surface area contributed by atoms with E-state index in [4.69, 9.17) is 0 Å². The summed E-state index contributed by atoms with van der Waals surface area (Å²) in [4.78, 5) is 0. The third-order valence-electron chi connectivity index (χ3n) is 1.08. The van der Waals surface area contributed by atoms with Crippen LogP contribution in [-0.4, -0.2) is 0 Å². The second kappa shape index (κ2) is 3.90. The topological polar surface area (TPSA) is 0 Å². The summed E-state index contributed by atoms with van der Waals surface area (Å²) < 4.78 is 0. The molecule has 0 aliphatic rings. The number of hydrogen-bond acceptors (Lipinski definition) is 0. The number of hydrogen-bond donors (Lipinski definition) is 0. The Morgan fingerprint density at radius 1 is 1.33 bits per heavy atom. The maximum absolute atomic E-state index is 3.78. The second-order valence-electron chi connectivity index (χ2n) is 1.99. The average Bonchev–Trinajstić information content (AvgIpc) is 1.64. The number of aryl methyl sites for hydroxylation is 1. The van der Waals surface area contributed by atoms with Crippen LogP contribution in [0.3, 0.4) is 0 Å². The SMILES string of the molecule is [CH2-]c1cccc(C)c1.[Zr]. The van der Waals surface area contributed by atoms with Gasteiger partial charge >= 0.3 is 0 Å². The molecular formula is C8H9Zr-. The first-order valence-corrected chi connectivity index (χ1v) is 2.67. The van der Waals surface area contributed by atoms with E-state index in [-0.39, 0.29) is 26.2 Å². The Morgan fingerprint density at radius 3 is 2.33 bits per heavy atom. The van der Waals surface area contributed by atoms with Crippen molar-refractivity contribution in [1.82, 2.24) is 0 Å². The summed E-state index contributed by atoms with van der Waals surface area (Å²) in [6.45, 7) is 5.85. The van der Waals surface area contributed by atoms with E-state index in [1.54, 1.807) is 0 Å². The summed E-state index contributed by atoms with van der Waals surface area (Å²) in [5.74, 6) is 0. The molecule has 0 nitrogen and oxygen atoms in total. The van der Waals surface area contributed by atoms with Crippen molar-refractivity contribution in [3.05, 3.63) is 42.3 Å². The van der Waals surface area contributed by atoms with Crippen molar-refractivity contribution in [1.29, 1.82) is 0 Å². The molecule has 9 heavy (non-hydrogen) atoms. The maximum atomic E-state index is 3.78. The minimum absolute atomic E-state index is 0. The van der Waals surface area contributed by atoms with Gasteiger partial charge in [0.2, 0.25) is 0 Å². The summed E-state index contributed by atoms with van der Waals surface area (Å²) in [5.41, 5.74) is 2.36. The van der Waals surface area contributed by atoms with Crippen molar-refractivity contribution in [2.45, 2.75) is 6.92 Å². The fourth-order valence-corrected chi connectivity index (χ4v) is 0.712. The van der Waals surface area contributed by atoms with E-state index in [1.165, 1.54) is 5.56 Å². The van der Waals surface area contributed by atoms with Crippen LogP contribution in [0.2, 0.25) is 0 Å². The van der Waals surface area contributed by atoms with Crippen LogP contribution >= 0.6 is 0 Å². The molecule has 0 spiro atoms. The zero-order chi connectivity index (χ0) is 5.98. The van der Waals surface area contributed by atoms with Gasteiger partial charge in [-0.2, -0.15) is 24.6 Å². The average molecular weight is 196 g/mol. The molecule has 46 valence electrons. The van der Waals surface area contributed by atoms with Crippen molar-refractivity contribution in [3.63, 3.8) is 0 Å². The molecule has 0 aromatic heterocycles. The van der Waals surface area contributed by atoms with Crippen molar-refractivity contribution in [2.24, 2.45) is 0 Å². The van der Waals surface area contributed by atoms with Crippen LogP contribution in [0.25, 0.3) is 0 Å². The van der Waals surface area contributed by atoms with E-state index >= 15 is 0 Å². The van der Waals surface area contributed by atoms with E-state index in [1.807, 2.05) is 12.1 Å². The zero-order valence-corrected chi connectivity index (χ0v) is 7.97. The molecule has 1 heteroatoms. The summed E-state index contributed by atoms with van der Waals surface area (Å²) in [5, 5.41) is 0. The molecule has 1 aromatic carbocycles. The fraction of sp³-hybridized carbons (Fsp3) is 0.125. The molecule has 0 saturated carbocycles. The van der Waals surface area contributed by atoms with Gasteiger partial charge < -0.3 is 0 Å². The predicted molar refractivity (Wildman–Crippen MR) is 35.6 cm³/mol. The van der Waals surface area contributed by atoms with Crippen molar-refractivity contribution >= 4 is 0 Å². The van der Waals surface area contributed by atoms with E-state index in [0.29, 0.717) is 0 Å². The van der Waals surface area contributed by atoms with Gasteiger partial charge in [-0.1, -0.05) is 13.0 Å². The molecule has 0 amide bonds. The summed E-state index contributed by atoms with van der Waals surface area (Å²) >= 11 is 0. The van der Waals surface area contributed by atoms with Crippen LogP contribution in [0.5, 0.6) is 0 Å². The van der Waals surface area contributed by atoms with Crippen molar-refractivity contribution in [3.8, 4) is 0 Å². The monoisotopic (exact) mass is 195 g/mol. The van der Waals surface area contributed by atoms with E-state index < -0.39 is 0 Å². The fourth-order valence-electron chi connectivity index (χ4n) is 0.712. The van der Waals surface area contributed by atoms with Crippen LogP contribution in [-0.2, 0) is 26.2 Å². The molecule has 0 unspecified atom stereocenters. The first-order valence-electron chi connectivity index (χ1n) is 2.67. The largest absolute Gasteiger partial charge is 0.199 e. The number of rotatable bonds is 0. The van der Waals surface area contributed by atoms with Gasteiger partial charge in [0.1, 0.15) is 0 Å². The molecule has 0 fully saturated rings. The van der Waals surface area contributed by atoms with Gasteiger partial charge in [0.25, 0.3) is 0 Å². The predicted octanol–water partition coefficient (Wildman–Crippen LogP) is 2.17. The van der Waals surface area contributed by atoms with Crippen LogP contribution in [0.4, 0.5) is 0 Å². The minimum Gasteiger partial charge on any atom is -0.199 e. The third kappa shape index (κ3) is 2.86. The molecule has 1 aromatic rings. The van der Waals surface area contributed by atoms with Crippen LogP contribution in [0.1, 0.15) is 11.1 Å². The molecule has 0 radical (unpaired) electrons. The smallest absolute Gasteiger partial charge is 0 e. The molecule has 1 rings (SSSR count). The van der Waals surface area contributed by atoms with Crippen molar-refractivity contribution < 1.29 is 26.2 Å². The molecule has 0 aliphatic heterocycles. The Kier molecular flexibility index (Phi) is 3.89. The Labute approximate surface area is 75.4 Å². The first kappa shape index (κ1) is 8.97. The quantitative estimate of drug-likeness (QED) is 0.558. The van der Waals surface area contributed by atoms with Gasteiger partial charge in [-0.25, -0.2) is 0 Å². The zero-order valence-electron chi connectivity index (χ0n) is 5.52. The molecule has 0 bridgehead atoms. The van der Waals surface area contributed by atoms with Gasteiger partial charge in [-0.05, 0) is 0 Å². The summed E-state index contributed by atoms with van der Waals surface area (Å²) in [7, 11) is 0. The molecular weight excluding hydrogens is 187 g/mol. The van der Waals surface area contributed by atoms with Gasteiger partial charge in [-0.15, -0.1) is 11.6 Å². The summed E-state index contributed by atoms with van der Waals surface area (Å²) in [6, 6.07) is 8.12. The van der Waals surface area contributed by atoms with Gasteiger partial charge in [0.15, 0.2) is 0 Å². The Morgan fingerprint density at radius 2 is 2.00 bits per heavy atom. The van der Waals surface area contributed by atoms with E-state index in [2.05, 4.69) is 26.0 Å². The van der Waals surface area contributed by atoms with Gasteiger partial charge in [0.05, 0.1) is 0 Å². The molecule has 0 atom stereocenters. The maximum Gasteiger partial charge on any atom is 0 e. The summed E-state index contributed by atoms with van der Waals surface area (Å²) in [6.07, 6.45) is 0. The molecule has 0 N–H and O–H groups in total. The van der Waals surface area contributed by atoms with E-state index in [9.17, 15) is 0 Å². The molecule has 0 heterocycles. The number of benzene rings is 1.